The van der Waals surface area contributed by atoms with E-state index in [1.165, 1.54) is 12.8 Å². The highest BCUT2D eigenvalue weighted by Crippen LogP contribution is 2.57. The van der Waals surface area contributed by atoms with Gasteiger partial charge in [0, 0.05) is 23.3 Å². The van der Waals surface area contributed by atoms with E-state index in [1.807, 2.05) is 18.6 Å². The van der Waals surface area contributed by atoms with Crippen LogP contribution >= 0.6 is 11.8 Å². The molecule has 86 valence electrons. The number of rotatable bonds is 3. The Bertz CT molecular complexity index is 378. The Morgan fingerprint density at radius 2 is 2.06 bits per heavy atom. The smallest absolute Gasteiger partial charge is 0.222 e. The molecule has 0 saturated heterocycles. The van der Waals surface area contributed by atoms with Crippen molar-refractivity contribution in [1.82, 2.24) is 9.97 Å². The maximum Gasteiger partial charge on any atom is 0.222 e. The van der Waals surface area contributed by atoms with E-state index in [0.717, 1.165) is 28.6 Å². The van der Waals surface area contributed by atoms with Crippen molar-refractivity contribution >= 4 is 17.7 Å². The Kier molecular flexibility index (Phi) is 2.54. The van der Waals surface area contributed by atoms with Crippen LogP contribution in [0.25, 0.3) is 0 Å². The summed E-state index contributed by atoms with van der Waals surface area (Å²) >= 11 is 1.68. The highest BCUT2D eigenvalue weighted by atomic mass is 32.2. The van der Waals surface area contributed by atoms with E-state index in [9.17, 15) is 0 Å². The van der Waals surface area contributed by atoms with Crippen LogP contribution in [-0.2, 0) is 0 Å². The van der Waals surface area contributed by atoms with Gasteiger partial charge in [-0.1, -0.05) is 6.92 Å². The van der Waals surface area contributed by atoms with Crippen LogP contribution in [-0.4, -0.2) is 22.3 Å². The molecular formula is C12H17N3S. The molecule has 0 aliphatic heterocycles. The first-order valence-corrected chi connectivity index (χ1v) is 7.14. The van der Waals surface area contributed by atoms with E-state index < -0.39 is 0 Å². The molecule has 3 unspecified atom stereocenters. The summed E-state index contributed by atoms with van der Waals surface area (Å²) in [5.74, 6) is 3.56. The van der Waals surface area contributed by atoms with Gasteiger partial charge in [0.25, 0.3) is 0 Å². The van der Waals surface area contributed by atoms with E-state index >= 15 is 0 Å². The molecule has 2 fully saturated rings. The van der Waals surface area contributed by atoms with E-state index in [4.69, 9.17) is 0 Å². The molecule has 2 saturated carbocycles. The summed E-state index contributed by atoms with van der Waals surface area (Å²) in [6, 6.07) is 0.611. The number of hydrogen-bond acceptors (Lipinski definition) is 4. The molecule has 16 heavy (non-hydrogen) atoms. The van der Waals surface area contributed by atoms with Gasteiger partial charge in [0.05, 0.1) is 0 Å². The van der Waals surface area contributed by atoms with Gasteiger partial charge in [0.2, 0.25) is 5.95 Å². The fraction of sp³-hybridized carbons (Fsp3) is 0.667. The number of thioether (sulfide) groups is 1. The average molecular weight is 235 g/mol. The first-order chi connectivity index (χ1) is 7.79. The first-order valence-electron chi connectivity index (χ1n) is 5.92. The number of aromatic nitrogens is 2. The highest BCUT2D eigenvalue weighted by molar-refractivity contribution is 7.98. The monoisotopic (exact) mass is 235 g/mol. The molecule has 0 spiro atoms. The lowest BCUT2D eigenvalue weighted by molar-refractivity contribution is 0.575. The van der Waals surface area contributed by atoms with E-state index in [1.54, 1.807) is 11.8 Å². The van der Waals surface area contributed by atoms with Crippen molar-refractivity contribution in [2.45, 2.75) is 30.7 Å². The molecular weight excluding hydrogens is 218 g/mol. The Morgan fingerprint density at radius 1 is 1.31 bits per heavy atom. The molecule has 1 heterocycles. The SMILES string of the molecule is CSc1cnc(N[C@@H]2CCC3C(C)C32)nc1. The van der Waals surface area contributed by atoms with E-state index in [2.05, 4.69) is 22.2 Å². The summed E-state index contributed by atoms with van der Waals surface area (Å²) < 4.78 is 0. The molecule has 4 atom stereocenters. The molecule has 1 aromatic rings. The molecule has 1 N–H and O–H groups in total. The Morgan fingerprint density at radius 3 is 2.62 bits per heavy atom. The molecule has 1 aromatic heterocycles. The van der Waals surface area contributed by atoms with Crippen LogP contribution in [0.15, 0.2) is 17.3 Å². The third kappa shape index (κ3) is 1.69. The minimum atomic E-state index is 0.611. The van der Waals surface area contributed by atoms with Gasteiger partial charge in [-0.3, -0.25) is 0 Å². The maximum absolute atomic E-state index is 4.35. The summed E-state index contributed by atoms with van der Waals surface area (Å²) in [6.45, 7) is 2.36. The molecule has 0 radical (unpaired) electrons. The van der Waals surface area contributed by atoms with Crippen LogP contribution in [0.1, 0.15) is 19.8 Å². The summed E-state index contributed by atoms with van der Waals surface area (Å²) in [5.41, 5.74) is 0. The average Bonchev–Trinajstić information content (AvgIpc) is 2.76. The van der Waals surface area contributed by atoms with Crippen molar-refractivity contribution < 1.29 is 0 Å². The van der Waals surface area contributed by atoms with Crippen molar-refractivity contribution in [2.75, 3.05) is 11.6 Å². The molecule has 4 heteroatoms. The van der Waals surface area contributed by atoms with Crippen molar-refractivity contribution in [3.8, 4) is 0 Å². The van der Waals surface area contributed by atoms with Gasteiger partial charge in [-0.25, -0.2) is 9.97 Å². The second kappa shape index (κ2) is 3.91. The normalized spacial score (nSPS) is 35.9. The van der Waals surface area contributed by atoms with Crippen molar-refractivity contribution in [2.24, 2.45) is 17.8 Å². The van der Waals surface area contributed by atoms with Crippen LogP contribution in [0, 0.1) is 17.8 Å². The predicted octanol–water partition coefficient (Wildman–Crippen LogP) is 2.65. The zero-order valence-corrected chi connectivity index (χ0v) is 10.5. The number of nitrogens with one attached hydrogen (secondary N) is 1. The molecule has 2 aliphatic carbocycles. The summed E-state index contributed by atoms with van der Waals surface area (Å²) in [7, 11) is 0. The second-order valence-corrected chi connectivity index (χ2v) is 5.75. The summed E-state index contributed by atoms with van der Waals surface area (Å²) in [4.78, 5) is 9.82. The lowest BCUT2D eigenvalue weighted by Gasteiger charge is -2.15. The minimum Gasteiger partial charge on any atom is -0.351 e. The quantitative estimate of drug-likeness (QED) is 0.817. The van der Waals surface area contributed by atoms with E-state index in [0.29, 0.717) is 6.04 Å². The van der Waals surface area contributed by atoms with E-state index in [-0.39, 0.29) is 0 Å². The Balaban J connectivity index is 1.65. The van der Waals surface area contributed by atoms with Gasteiger partial charge in [0.15, 0.2) is 0 Å². The topological polar surface area (TPSA) is 37.8 Å². The Hall–Kier alpha value is -0.770. The van der Waals surface area contributed by atoms with Crippen LogP contribution in [0.2, 0.25) is 0 Å². The summed E-state index contributed by atoms with van der Waals surface area (Å²) in [6.07, 6.45) is 8.49. The number of hydrogen-bond donors (Lipinski definition) is 1. The zero-order chi connectivity index (χ0) is 11.1. The first kappa shape index (κ1) is 10.4. The van der Waals surface area contributed by atoms with Crippen LogP contribution in [0.5, 0.6) is 0 Å². The second-order valence-electron chi connectivity index (χ2n) is 4.88. The zero-order valence-electron chi connectivity index (χ0n) is 9.68. The lowest BCUT2D eigenvalue weighted by Crippen LogP contribution is -2.21. The lowest BCUT2D eigenvalue weighted by atomic mass is 10.1. The van der Waals surface area contributed by atoms with Gasteiger partial charge in [0.1, 0.15) is 0 Å². The number of anilines is 1. The van der Waals surface area contributed by atoms with Gasteiger partial charge in [-0.05, 0) is 36.9 Å². The van der Waals surface area contributed by atoms with Gasteiger partial charge >= 0.3 is 0 Å². The predicted molar refractivity (Wildman–Crippen MR) is 66.6 cm³/mol. The fourth-order valence-corrected chi connectivity index (χ4v) is 3.41. The summed E-state index contributed by atoms with van der Waals surface area (Å²) in [5, 5.41) is 3.48. The van der Waals surface area contributed by atoms with Gasteiger partial charge in [-0.2, -0.15) is 0 Å². The third-order valence-corrected chi connectivity index (χ3v) is 4.77. The number of nitrogens with zero attached hydrogens (tertiary/aromatic N) is 2. The molecule has 3 nitrogen and oxygen atoms in total. The van der Waals surface area contributed by atoms with Crippen LogP contribution in [0.4, 0.5) is 5.95 Å². The largest absolute Gasteiger partial charge is 0.351 e. The van der Waals surface area contributed by atoms with Crippen LogP contribution < -0.4 is 5.32 Å². The molecule has 0 amide bonds. The van der Waals surface area contributed by atoms with Crippen molar-refractivity contribution in [1.29, 1.82) is 0 Å². The van der Waals surface area contributed by atoms with Gasteiger partial charge in [-0.15, -0.1) is 11.8 Å². The molecule has 0 bridgehead atoms. The van der Waals surface area contributed by atoms with Crippen LogP contribution in [0.3, 0.4) is 0 Å². The maximum atomic E-state index is 4.35. The molecule has 3 rings (SSSR count). The fourth-order valence-electron chi connectivity index (χ4n) is 3.09. The standard InChI is InChI=1S/C12H17N3S/c1-7-9-3-4-10(11(7)9)15-12-13-5-8(16-2)6-14-12/h5-7,9-11H,3-4H2,1-2H3,(H,13,14,15)/t7?,9?,10-,11?/m1/s1. The molecule has 0 aromatic carbocycles. The Labute approximate surface area is 100 Å². The third-order valence-electron chi connectivity index (χ3n) is 4.09. The van der Waals surface area contributed by atoms with Crippen molar-refractivity contribution in [3.63, 3.8) is 0 Å². The molecule has 2 aliphatic rings. The minimum absolute atomic E-state index is 0.611. The van der Waals surface area contributed by atoms with Crippen molar-refractivity contribution in [3.05, 3.63) is 12.4 Å². The number of fused-ring (bicyclic) bond motifs is 1. The van der Waals surface area contributed by atoms with Gasteiger partial charge < -0.3 is 5.32 Å². The highest BCUT2D eigenvalue weighted by Gasteiger charge is 2.55.